The summed E-state index contributed by atoms with van der Waals surface area (Å²) in [6.07, 6.45) is 7.87. The maximum absolute atomic E-state index is 12.0. The Bertz CT molecular complexity index is 621. The molecular weight excluding hydrogens is 505 g/mol. The van der Waals surface area contributed by atoms with Crippen molar-refractivity contribution in [1.29, 1.82) is 0 Å². The number of hydrogen-bond donors (Lipinski definition) is 2. The molecule has 2 fully saturated rings. The van der Waals surface area contributed by atoms with Gasteiger partial charge in [0.1, 0.15) is 0 Å². The molecule has 2 heterocycles. The molecule has 29 heavy (non-hydrogen) atoms. The maximum Gasteiger partial charge on any atom is 0.222 e. The predicted octanol–water partition coefficient (Wildman–Crippen LogP) is 1.62. The van der Waals surface area contributed by atoms with Crippen LogP contribution < -0.4 is 10.6 Å². The molecule has 0 aromatic rings. The van der Waals surface area contributed by atoms with Crippen molar-refractivity contribution < 1.29 is 13.2 Å². The third-order valence-corrected chi connectivity index (χ3v) is 6.77. The number of nitrogens with one attached hydrogen (secondary N) is 2. The van der Waals surface area contributed by atoms with E-state index in [1.54, 1.807) is 4.31 Å². The Kier molecular flexibility index (Phi) is 12.4. The number of carbonyl (C=O) groups is 1. The van der Waals surface area contributed by atoms with Crippen LogP contribution >= 0.6 is 24.0 Å². The quantitative estimate of drug-likeness (QED) is 0.210. The van der Waals surface area contributed by atoms with Crippen molar-refractivity contribution in [3.05, 3.63) is 0 Å². The zero-order chi connectivity index (χ0) is 20.4. The molecule has 2 aliphatic heterocycles. The van der Waals surface area contributed by atoms with E-state index in [-0.39, 0.29) is 24.0 Å². The summed E-state index contributed by atoms with van der Waals surface area (Å²) in [7, 11) is -3.07. The number of hydrogen-bond acceptors (Lipinski definition) is 4. The summed E-state index contributed by atoms with van der Waals surface area (Å²) in [4.78, 5) is 18.7. The number of carbonyl (C=O) groups excluding carboxylic acids is 1. The van der Waals surface area contributed by atoms with Crippen LogP contribution in [0.2, 0.25) is 0 Å². The van der Waals surface area contributed by atoms with Gasteiger partial charge in [0.2, 0.25) is 15.9 Å². The van der Waals surface area contributed by atoms with Crippen molar-refractivity contribution in [2.24, 2.45) is 10.9 Å². The SMILES string of the molecule is CCNC(=NCC1CCN(S(C)(=O)=O)CC1)NCCCN1CCCCCC1=O.I. The summed E-state index contributed by atoms with van der Waals surface area (Å²) in [6, 6.07) is 0. The van der Waals surface area contributed by atoms with E-state index in [0.29, 0.717) is 37.9 Å². The summed E-state index contributed by atoms with van der Waals surface area (Å²) in [5.74, 6) is 1.51. The van der Waals surface area contributed by atoms with Crippen molar-refractivity contribution in [2.45, 2.75) is 51.9 Å². The molecule has 0 bridgehead atoms. The van der Waals surface area contributed by atoms with Gasteiger partial charge in [-0.1, -0.05) is 6.42 Å². The fourth-order valence-corrected chi connectivity index (χ4v) is 4.61. The first-order valence-electron chi connectivity index (χ1n) is 10.6. The Balaban J connectivity index is 0.00000420. The van der Waals surface area contributed by atoms with Crippen LogP contribution in [-0.4, -0.2) is 81.6 Å². The molecule has 1 amide bonds. The molecule has 10 heteroatoms. The lowest BCUT2D eigenvalue weighted by Crippen LogP contribution is -2.41. The summed E-state index contributed by atoms with van der Waals surface area (Å²) in [6.45, 7) is 7.19. The van der Waals surface area contributed by atoms with Crippen LogP contribution in [0.5, 0.6) is 0 Å². The predicted molar refractivity (Wildman–Crippen MR) is 128 cm³/mol. The largest absolute Gasteiger partial charge is 0.357 e. The fraction of sp³-hybridized carbons (Fsp3) is 0.895. The minimum Gasteiger partial charge on any atom is -0.357 e. The monoisotopic (exact) mass is 543 g/mol. The van der Waals surface area contributed by atoms with Gasteiger partial charge in [-0.05, 0) is 44.9 Å². The van der Waals surface area contributed by atoms with Crippen LogP contribution in [-0.2, 0) is 14.8 Å². The number of nitrogens with zero attached hydrogens (tertiary/aromatic N) is 3. The van der Waals surface area contributed by atoms with E-state index in [1.807, 2.05) is 11.8 Å². The standard InChI is InChI=1S/C19H37N5O3S.HI/c1-3-20-19(21-11-7-13-23-12-6-4-5-8-18(23)25)22-16-17-9-14-24(15-10-17)28(2,26)27;/h17H,3-16H2,1-2H3,(H2,20,21,22);1H. The number of likely N-dealkylation sites (tertiary alicyclic amines) is 1. The minimum absolute atomic E-state index is 0. The van der Waals surface area contributed by atoms with Gasteiger partial charge in [0.25, 0.3) is 0 Å². The zero-order valence-electron chi connectivity index (χ0n) is 17.9. The Labute approximate surface area is 193 Å². The average molecular weight is 544 g/mol. The van der Waals surface area contributed by atoms with Gasteiger partial charge in [0.05, 0.1) is 6.26 Å². The molecule has 0 atom stereocenters. The second kappa shape index (κ2) is 13.6. The van der Waals surface area contributed by atoms with E-state index in [4.69, 9.17) is 0 Å². The van der Waals surface area contributed by atoms with Gasteiger partial charge in [-0.25, -0.2) is 12.7 Å². The van der Waals surface area contributed by atoms with E-state index < -0.39 is 10.0 Å². The highest BCUT2D eigenvalue weighted by atomic mass is 127. The molecule has 0 saturated carbocycles. The molecule has 2 aliphatic rings. The molecule has 0 spiro atoms. The van der Waals surface area contributed by atoms with Gasteiger partial charge in [0.15, 0.2) is 5.96 Å². The summed E-state index contributed by atoms with van der Waals surface area (Å²) in [5, 5.41) is 6.62. The third kappa shape index (κ3) is 9.82. The van der Waals surface area contributed by atoms with E-state index in [2.05, 4.69) is 15.6 Å². The van der Waals surface area contributed by atoms with Gasteiger partial charge in [-0.15, -0.1) is 24.0 Å². The van der Waals surface area contributed by atoms with Crippen molar-refractivity contribution in [1.82, 2.24) is 19.8 Å². The van der Waals surface area contributed by atoms with Gasteiger partial charge in [-0.2, -0.15) is 0 Å². The maximum atomic E-state index is 12.0. The minimum atomic E-state index is -3.07. The van der Waals surface area contributed by atoms with Crippen LogP contribution in [0.25, 0.3) is 0 Å². The first-order chi connectivity index (χ1) is 13.4. The molecule has 0 aliphatic carbocycles. The first-order valence-corrected chi connectivity index (χ1v) is 12.5. The highest BCUT2D eigenvalue weighted by Crippen LogP contribution is 2.19. The van der Waals surface area contributed by atoms with Crippen molar-refractivity contribution in [3.63, 3.8) is 0 Å². The topological polar surface area (TPSA) is 94.1 Å². The van der Waals surface area contributed by atoms with Crippen LogP contribution in [0.15, 0.2) is 4.99 Å². The molecule has 2 N–H and O–H groups in total. The van der Waals surface area contributed by atoms with Gasteiger partial charge in [0, 0.05) is 52.2 Å². The van der Waals surface area contributed by atoms with Crippen molar-refractivity contribution >= 4 is 45.9 Å². The van der Waals surface area contributed by atoms with E-state index in [9.17, 15) is 13.2 Å². The highest BCUT2D eigenvalue weighted by molar-refractivity contribution is 14.0. The average Bonchev–Trinajstić information content (AvgIpc) is 2.87. The summed E-state index contributed by atoms with van der Waals surface area (Å²) < 4.78 is 24.8. The lowest BCUT2D eigenvalue weighted by Gasteiger charge is -2.29. The normalized spacial score (nSPS) is 20.1. The number of sulfonamides is 1. The van der Waals surface area contributed by atoms with Gasteiger partial charge < -0.3 is 15.5 Å². The Morgan fingerprint density at radius 3 is 2.52 bits per heavy atom. The molecule has 2 rings (SSSR count). The molecule has 0 aromatic carbocycles. The Hall–Kier alpha value is -0.620. The summed E-state index contributed by atoms with van der Waals surface area (Å²) in [5.41, 5.74) is 0. The molecule has 0 aromatic heterocycles. The number of aliphatic imine (C=N–C) groups is 1. The number of rotatable bonds is 8. The number of piperidine rings is 1. The van der Waals surface area contributed by atoms with Crippen LogP contribution in [0.1, 0.15) is 51.9 Å². The fourth-order valence-electron chi connectivity index (χ4n) is 3.74. The van der Waals surface area contributed by atoms with E-state index in [1.165, 1.54) is 6.26 Å². The molecule has 0 unspecified atom stereocenters. The van der Waals surface area contributed by atoms with Crippen molar-refractivity contribution in [2.75, 3.05) is 52.1 Å². The molecule has 170 valence electrons. The molecule has 8 nitrogen and oxygen atoms in total. The molecule has 0 radical (unpaired) electrons. The highest BCUT2D eigenvalue weighted by Gasteiger charge is 2.24. The smallest absolute Gasteiger partial charge is 0.222 e. The zero-order valence-corrected chi connectivity index (χ0v) is 21.0. The van der Waals surface area contributed by atoms with Gasteiger partial charge >= 0.3 is 0 Å². The number of amides is 1. The van der Waals surface area contributed by atoms with Gasteiger partial charge in [-0.3, -0.25) is 9.79 Å². The Morgan fingerprint density at radius 1 is 1.14 bits per heavy atom. The Morgan fingerprint density at radius 2 is 1.86 bits per heavy atom. The van der Waals surface area contributed by atoms with Crippen LogP contribution in [0, 0.1) is 5.92 Å². The molecule has 2 saturated heterocycles. The van der Waals surface area contributed by atoms with Crippen LogP contribution in [0.3, 0.4) is 0 Å². The number of guanidine groups is 1. The summed E-state index contributed by atoms with van der Waals surface area (Å²) >= 11 is 0. The second-order valence-corrected chi connectivity index (χ2v) is 9.78. The third-order valence-electron chi connectivity index (χ3n) is 5.46. The first kappa shape index (κ1) is 26.4. The van der Waals surface area contributed by atoms with E-state index >= 15 is 0 Å². The van der Waals surface area contributed by atoms with E-state index in [0.717, 1.165) is 70.7 Å². The second-order valence-electron chi connectivity index (χ2n) is 7.80. The lowest BCUT2D eigenvalue weighted by molar-refractivity contribution is -0.130. The number of halogens is 1. The molecular formula is C19H38IN5O3S. The van der Waals surface area contributed by atoms with Crippen molar-refractivity contribution in [3.8, 4) is 0 Å². The lowest BCUT2D eigenvalue weighted by atomic mass is 9.98. The van der Waals surface area contributed by atoms with Crippen LogP contribution in [0.4, 0.5) is 0 Å².